The van der Waals surface area contributed by atoms with E-state index in [1.165, 1.54) is 144 Å². The molecule has 0 saturated carbocycles. The fourth-order valence-corrected chi connectivity index (χ4v) is 10.2. The van der Waals surface area contributed by atoms with Gasteiger partial charge in [0.15, 0.2) is 0 Å². The van der Waals surface area contributed by atoms with E-state index in [9.17, 15) is 0 Å². The zero-order valence-electron chi connectivity index (χ0n) is 41.8. The molecule has 0 fully saturated rings. The molecule has 0 aliphatic carbocycles. The van der Waals surface area contributed by atoms with Crippen molar-refractivity contribution in [3.05, 3.63) is 244 Å². The number of hydrogen-bond donors (Lipinski definition) is 0. The molecule has 0 aromatic heterocycles. The molecule has 70 heavy (non-hydrogen) atoms. The van der Waals surface area contributed by atoms with Crippen molar-refractivity contribution in [1.29, 1.82) is 0 Å². The minimum atomic E-state index is 0. The normalized spacial score (nSPS) is 11.4. The van der Waals surface area contributed by atoms with Gasteiger partial charge in [0.1, 0.15) is 0 Å². The Hall–Kier alpha value is -6.44. The van der Waals surface area contributed by atoms with E-state index < -0.39 is 0 Å². The van der Waals surface area contributed by atoms with Gasteiger partial charge in [0, 0.05) is 0 Å². The van der Waals surface area contributed by atoms with Gasteiger partial charge >= 0.3 is 30.2 Å². The van der Waals surface area contributed by atoms with Gasteiger partial charge in [0.2, 0.25) is 0 Å². The summed E-state index contributed by atoms with van der Waals surface area (Å²) in [4.78, 5) is 0. The third-order valence-corrected chi connectivity index (χ3v) is 13.8. The predicted octanol–water partition coefficient (Wildman–Crippen LogP) is 19.5. The van der Waals surface area contributed by atoms with Crippen molar-refractivity contribution in [2.75, 3.05) is 0 Å². The average molecular weight is 997 g/mol. The Bertz CT molecular complexity index is 3300. The minimum absolute atomic E-state index is 0. The van der Waals surface area contributed by atoms with Gasteiger partial charge in [-0.1, -0.05) is 269 Å². The Morgan fingerprint density at radius 2 is 0.514 bits per heavy atom. The Morgan fingerprint density at radius 3 is 0.800 bits per heavy atom. The molecule has 12 aromatic carbocycles. The van der Waals surface area contributed by atoms with E-state index in [1.54, 1.807) is 0 Å². The summed E-state index contributed by atoms with van der Waals surface area (Å²) < 4.78 is 0. The Labute approximate surface area is 433 Å². The zero-order valence-corrected chi connectivity index (χ0v) is 45.2. The molecule has 0 bridgehead atoms. The molecule has 0 aliphatic rings. The van der Waals surface area contributed by atoms with Crippen LogP contribution in [0, 0.1) is 14.9 Å². The third kappa shape index (κ3) is 9.33. The van der Waals surface area contributed by atoms with Crippen LogP contribution in [0.5, 0.6) is 0 Å². The summed E-state index contributed by atoms with van der Waals surface area (Å²) in [5.41, 5.74) is 13.4. The van der Waals surface area contributed by atoms with Crippen LogP contribution in [0.1, 0.15) is 52.7 Å². The molecule has 0 amide bonds. The van der Waals surface area contributed by atoms with Gasteiger partial charge in [-0.2, -0.15) is 12.1 Å². The van der Waals surface area contributed by atoms with E-state index in [0.717, 1.165) is 0 Å². The summed E-state index contributed by atoms with van der Waals surface area (Å²) in [5, 5.41) is 15.7. The molecule has 0 atom stereocenters. The van der Waals surface area contributed by atoms with Crippen molar-refractivity contribution in [2.45, 2.75) is 52.4 Å². The standard InChI is InChI=1S/2C33H27.2CH3.Si.Zr/c2*1-33(2,3)24-20-31-29(27-16-8-12-22-10-4-6-14-25(22)27)18-19-30(32(31)21-24)28-17-9-13-23-11-5-7-15-26(23)28;;;;/h2*4-21H,1-3H3;2*1H3;;/q4*-1;;. The third-order valence-electron chi connectivity index (χ3n) is 13.8. The zero-order chi connectivity index (χ0) is 47.2. The van der Waals surface area contributed by atoms with Crippen LogP contribution in [0.2, 0.25) is 0 Å². The van der Waals surface area contributed by atoms with Crippen molar-refractivity contribution in [3.8, 4) is 44.5 Å². The first-order chi connectivity index (χ1) is 33.0. The van der Waals surface area contributed by atoms with Crippen LogP contribution in [0.3, 0.4) is 0 Å². The van der Waals surface area contributed by atoms with Crippen molar-refractivity contribution in [1.82, 2.24) is 0 Å². The van der Waals surface area contributed by atoms with Crippen molar-refractivity contribution < 1.29 is 23.3 Å². The van der Waals surface area contributed by atoms with Crippen LogP contribution in [0.25, 0.3) is 109 Å². The second-order valence-corrected chi connectivity index (χ2v) is 20.1. The summed E-state index contributed by atoms with van der Waals surface area (Å²) >= 11 is 1.36. The summed E-state index contributed by atoms with van der Waals surface area (Å²) in [7, 11) is 0. The summed E-state index contributed by atoms with van der Waals surface area (Å²) in [6, 6.07) is 80.3. The van der Waals surface area contributed by atoms with Gasteiger partial charge in [-0.3, -0.25) is 0 Å². The fraction of sp³-hybridized carbons (Fsp3) is 0.118. The second-order valence-electron chi connectivity index (χ2n) is 20.1. The number of rotatable bonds is 4. The van der Waals surface area contributed by atoms with E-state index in [0.29, 0.717) is 0 Å². The van der Waals surface area contributed by atoms with Gasteiger partial charge in [-0.25, -0.2) is 0 Å². The van der Waals surface area contributed by atoms with Crippen molar-refractivity contribution in [2.24, 2.45) is 0 Å². The van der Waals surface area contributed by atoms with Gasteiger partial charge < -0.3 is 14.9 Å². The van der Waals surface area contributed by atoms with E-state index >= 15 is 0 Å². The van der Waals surface area contributed by atoms with Crippen LogP contribution in [-0.4, -0.2) is 6.88 Å². The van der Waals surface area contributed by atoms with Crippen LogP contribution < -0.4 is 0 Å². The second kappa shape index (κ2) is 20.5. The maximum atomic E-state index is 3.06. The molecule has 0 N–H and O–H groups in total. The molecule has 0 saturated heterocycles. The molecule has 12 rings (SSSR count). The molecular formula is C68H60SiZr-4. The Kier molecular flexibility index (Phi) is 14.6. The predicted molar refractivity (Wildman–Crippen MR) is 307 cm³/mol. The Morgan fingerprint density at radius 1 is 0.286 bits per heavy atom. The number of hydrogen-bond acceptors (Lipinski definition) is 0. The van der Waals surface area contributed by atoms with Crippen LogP contribution in [0.4, 0.5) is 0 Å². The molecule has 0 aliphatic heterocycles. The quantitative estimate of drug-likeness (QED) is 0.122. The van der Waals surface area contributed by atoms with Gasteiger partial charge in [-0.05, 0) is 65.0 Å². The molecule has 0 spiro atoms. The van der Waals surface area contributed by atoms with Crippen molar-refractivity contribution in [3.63, 3.8) is 0 Å². The first-order valence-corrected chi connectivity index (χ1v) is 27.9. The molecule has 0 heterocycles. The monoisotopic (exact) mass is 994 g/mol. The molecule has 2 radical (unpaired) electrons. The SMILES string of the molecule is CC(C)(C)c1cc2c(-c3cccc4ccccc34)ccc(-c3cccc4ccccc34)c2[cH-]1.CC(C)(C)c1cc2c(-c3cccc4ccccc34)ccc(-c3cccc4ccccc34)c2[cH-]1.[CH3-].[CH3-].[Si]=[Zr]. The van der Waals surface area contributed by atoms with E-state index in [-0.39, 0.29) is 25.7 Å². The topological polar surface area (TPSA) is 0 Å². The molecule has 0 nitrogen and oxygen atoms in total. The summed E-state index contributed by atoms with van der Waals surface area (Å²) in [6.45, 7) is 16.9. The van der Waals surface area contributed by atoms with E-state index in [2.05, 4.69) is 267 Å². The van der Waals surface area contributed by atoms with E-state index in [4.69, 9.17) is 0 Å². The Balaban J connectivity index is 0.000000177. The number of fused-ring (bicyclic) bond motifs is 6. The van der Waals surface area contributed by atoms with Crippen molar-refractivity contribution >= 4 is 71.5 Å². The van der Waals surface area contributed by atoms with Crippen LogP contribution in [0.15, 0.2) is 218 Å². The first-order valence-electron chi connectivity index (χ1n) is 23.7. The summed E-state index contributed by atoms with van der Waals surface area (Å²) in [5.74, 6) is 0. The van der Waals surface area contributed by atoms with Gasteiger partial charge in [-0.15, -0.1) is 44.8 Å². The van der Waals surface area contributed by atoms with Crippen LogP contribution >= 0.6 is 0 Å². The fourth-order valence-electron chi connectivity index (χ4n) is 10.2. The first kappa shape index (κ1) is 50.0. The van der Waals surface area contributed by atoms with Crippen LogP contribution in [-0.2, 0) is 34.2 Å². The van der Waals surface area contributed by atoms with Gasteiger partial charge in [0.05, 0.1) is 0 Å². The van der Waals surface area contributed by atoms with Gasteiger partial charge in [0.25, 0.3) is 0 Å². The van der Waals surface area contributed by atoms with E-state index in [1.807, 2.05) is 0 Å². The molecule has 0 unspecified atom stereocenters. The molecule has 12 aromatic rings. The summed E-state index contributed by atoms with van der Waals surface area (Å²) in [6.07, 6.45) is 0. The average Bonchev–Trinajstić information content (AvgIpc) is 4.04. The molecular weight excluding hydrogens is 936 g/mol. The number of benzene rings is 10. The molecule has 344 valence electrons. The molecule has 2 heteroatoms. The maximum absolute atomic E-state index is 3.06.